The van der Waals surface area contributed by atoms with E-state index < -0.39 is 5.60 Å². The summed E-state index contributed by atoms with van der Waals surface area (Å²) in [6, 6.07) is 8.25. The lowest BCUT2D eigenvalue weighted by atomic mass is 10.1. The lowest BCUT2D eigenvalue weighted by molar-refractivity contribution is 0.0505. The average molecular weight is 306 g/mol. The predicted molar refractivity (Wildman–Crippen MR) is 86.8 cm³/mol. The third-order valence-electron chi connectivity index (χ3n) is 3.63. The van der Waals surface area contributed by atoms with Gasteiger partial charge < -0.3 is 20.5 Å². The molecule has 122 valence electrons. The molecule has 22 heavy (non-hydrogen) atoms. The van der Waals surface area contributed by atoms with E-state index in [-0.39, 0.29) is 18.7 Å². The molecule has 0 aliphatic heterocycles. The van der Waals surface area contributed by atoms with E-state index in [0.717, 1.165) is 30.5 Å². The van der Waals surface area contributed by atoms with Crippen molar-refractivity contribution in [1.82, 2.24) is 5.32 Å². The zero-order valence-corrected chi connectivity index (χ0v) is 13.6. The zero-order chi connectivity index (χ0) is 16.2. The summed E-state index contributed by atoms with van der Waals surface area (Å²) in [5.41, 5.74) is 1.44. The van der Waals surface area contributed by atoms with Crippen LogP contribution in [0, 0.1) is 0 Å². The Morgan fingerprint density at radius 3 is 2.73 bits per heavy atom. The van der Waals surface area contributed by atoms with E-state index in [1.807, 2.05) is 45.0 Å². The number of alkyl carbamates (subject to hydrolysis) is 1. The molecular weight excluding hydrogens is 280 g/mol. The van der Waals surface area contributed by atoms with E-state index in [9.17, 15) is 4.79 Å². The number of carbonyl (C=O) groups is 1. The molecule has 1 aliphatic rings. The quantitative estimate of drug-likeness (QED) is 0.799. The number of anilines is 1. The van der Waals surface area contributed by atoms with Gasteiger partial charge in [-0.3, -0.25) is 0 Å². The van der Waals surface area contributed by atoms with Gasteiger partial charge in [0.1, 0.15) is 5.60 Å². The number of nitrogens with one attached hydrogen (secondary N) is 2. The van der Waals surface area contributed by atoms with Crippen molar-refractivity contribution in [3.8, 4) is 0 Å². The van der Waals surface area contributed by atoms with Gasteiger partial charge >= 0.3 is 6.09 Å². The third-order valence-corrected chi connectivity index (χ3v) is 3.63. The molecule has 0 radical (unpaired) electrons. The van der Waals surface area contributed by atoms with Crippen molar-refractivity contribution in [3.63, 3.8) is 0 Å². The number of amides is 1. The largest absolute Gasteiger partial charge is 0.444 e. The Balaban J connectivity index is 1.81. The van der Waals surface area contributed by atoms with Gasteiger partial charge in [-0.15, -0.1) is 0 Å². The summed E-state index contributed by atoms with van der Waals surface area (Å²) >= 11 is 0. The fourth-order valence-electron chi connectivity index (χ4n) is 2.71. The second kappa shape index (κ2) is 7.01. The Morgan fingerprint density at radius 2 is 2.05 bits per heavy atom. The van der Waals surface area contributed by atoms with Gasteiger partial charge in [0, 0.05) is 17.8 Å². The van der Waals surface area contributed by atoms with E-state index in [0.29, 0.717) is 6.04 Å². The molecule has 0 saturated heterocycles. The minimum atomic E-state index is -0.467. The van der Waals surface area contributed by atoms with Crippen LogP contribution in [0.4, 0.5) is 10.5 Å². The Labute approximate surface area is 132 Å². The maximum absolute atomic E-state index is 11.8. The van der Waals surface area contributed by atoms with Crippen LogP contribution in [-0.2, 0) is 11.3 Å². The van der Waals surface area contributed by atoms with Gasteiger partial charge in [0.25, 0.3) is 0 Å². The summed E-state index contributed by atoms with van der Waals surface area (Å²) in [4.78, 5) is 11.8. The van der Waals surface area contributed by atoms with Gasteiger partial charge in [-0.1, -0.05) is 12.1 Å². The predicted octanol–water partition coefficient (Wildman–Crippen LogP) is 3.04. The van der Waals surface area contributed by atoms with E-state index in [1.165, 1.54) is 0 Å². The Kier molecular flexibility index (Phi) is 5.29. The van der Waals surface area contributed by atoms with E-state index in [4.69, 9.17) is 9.84 Å². The molecule has 1 aromatic rings. The minimum absolute atomic E-state index is 0.0447. The fourth-order valence-corrected chi connectivity index (χ4v) is 2.71. The maximum Gasteiger partial charge on any atom is 0.407 e. The molecule has 0 heterocycles. The van der Waals surface area contributed by atoms with E-state index in [1.54, 1.807) is 0 Å². The minimum Gasteiger partial charge on any atom is -0.444 e. The Morgan fingerprint density at radius 1 is 1.32 bits per heavy atom. The number of carbonyl (C=O) groups excluding carboxylic acids is 1. The number of hydrogen-bond acceptors (Lipinski definition) is 4. The van der Waals surface area contributed by atoms with Crippen LogP contribution in [-0.4, -0.2) is 28.9 Å². The monoisotopic (exact) mass is 306 g/mol. The summed E-state index contributed by atoms with van der Waals surface area (Å²) in [6.45, 7) is 5.63. The molecule has 1 saturated carbocycles. The number of rotatable bonds is 4. The van der Waals surface area contributed by atoms with Crippen LogP contribution < -0.4 is 10.6 Å². The zero-order valence-electron chi connectivity index (χ0n) is 13.6. The highest BCUT2D eigenvalue weighted by Gasteiger charge is 2.27. The summed E-state index contributed by atoms with van der Waals surface area (Å²) in [7, 11) is 0. The lowest BCUT2D eigenvalue weighted by Gasteiger charge is -2.22. The normalized spacial score (nSPS) is 21.5. The average Bonchev–Trinajstić information content (AvgIpc) is 2.83. The molecule has 5 heteroatoms. The SMILES string of the molecule is CC(C)(C)OC(=O)NC1CCC(Nc2cccc(CO)c2)C1. The smallest absolute Gasteiger partial charge is 0.407 e. The number of benzene rings is 1. The van der Waals surface area contributed by atoms with Gasteiger partial charge in [0.05, 0.1) is 6.61 Å². The lowest BCUT2D eigenvalue weighted by Crippen LogP contribution is -2.38. The maximum atomic E-state index is 11.8. The van der Waals surface area contributed by atoms with E-state index in [2.05, 4.69) is 10.6 Å². The molecule has 1 aliphatic carbocycles. The van der Waals surface area contributed by atoms with Crippen molar-refractivity contribution in [2.75, 3.05) is 5.32 Å². The van der Waals surface area contributed by atoms with Crippen molar-refractivity contribution in [2.24, 2.45) is 0 Å². The molecule has 2 atom stereocenters. The van der Waals surface area contributed by atoms with Crippen LogP contribution in [0.5, 0.6) is 0 Å². The highest BCUT2D eigenvalue weighted by Crippen LogP contribution is 2.24. The molecule has 5 nitrogen and oxygen atoms in total. The first-order valence-electron chi connectivity index (χ1n) is 7.81. The first-order valence-corrected chi connectivity index (χ1v) is 7.81. The molecule has 2 unspecified atom stereocenters. The summed E-state index contributed by atoms with van der Waals surface area (Å²) < 4.78 is 5.29. The highest BCUT2D eigenvalue weighted by atomic mass is 16.6. The Bertz CT molecular complexity index is 511. The highest BCUT2D eigenvalue weighted by molar-refractivity contribution is 5.68. The van der Waals surface area contributed by atoms with Gasteiger partial charge in [-0.05, 0) is 57.7 Å². The first-order chi connectivity index (χ1) is 10.4. The molecule has 3 N–H and O–H groups in total. The first kappa shape index (κ1) is 16.6. The molecule has 1 fully saturated rings. The van der Waals surface area contributed by atoms with Gasteiger partial charge in [0.15, 0.2) is 0 Å². The van der Waals surface area contributed by atoms with Gasteiger partial charge in [-0.25, -0.2) is 4.79 Å². The molecule has 2 rings (SSSR count). The van der Waals surface area contributed by atoms with E-state index >= 15 is 0 Å². The van der Waals surface area contributed by atoms with Crippen LogP contribution in [0.2, 0.25) is 0 Å². The van der Waals surface area contributed by atoms with Crippen molar-refractivity contribution in [1.29, 1.82) is 0 Å². The number of ether oxygens (including phenoxy) is 1. The van der Waals surface area contributed by atoms with Gasteiger partial charge in [-0.2, -0.15) is 0 Å². The summed E-state index contributed by atoms with van der Waals surface area (Å²) in [5, 5.41) is 15.6. The molecule has 0 spiro atoms. The number of aliphatic hydroxyl groups excluding tert-OH is 1. The van der Waals surface area contributed by atoms with Gasteiger partial charge in [0.2, 0.25) is 0 Å². The van der Waals surface area contributed by atoms with Crippen molar-refractivity contribution in [3.05, 3.63) is 29.8 Å². The standard InChI is InChI=1S/C17H26N2O3/c1-17(2,3)22-16(21)19-15-8-7-14(10-15)18-13-6-4-5-12(9-13)11-20/h4-6,9,14-15,18,20H,7-8,10-11H2,1-3H3,(H,19,21). The number of hydrogen-bond donors (Lipinski definition) is 3. The molecule has 0 bridgehead atoms. The van der Waals surface area contributed by atoms with Crippen molar-refractivity contribution >= 4 is 11.8 Å². The topological polar surface area (TPSA) is 70.6 Å². The molecule has 1 amide bonds. The van der Waals surface area contributed by atoms with Crippen LogP contribution in [0.25, 0.3) is 0 Å². The molecular formula is C17H26N2O3. The van der Waals surface area contributed by atoms with Crippen molar-refractivity contribution in [2.45, 2.75) is 64.3 Å². The second-order valence-corrected chi connectivity index (χ2v) is 6.86. The van der Waals surface area contributed by atoms with Crippen LogP contribution in [0.15, 0.2) is 24.3 Å². The third kappa shape index (κ3) is 5.22. The van der Waals surface area contributed by atoms with Crippen LogP contribution in [0.3, 0.4) is 0 Å². The summed E-state index contributed by atoms with van der Waals surface area (Å²) in [6.07, 6.45) is 2.48. The molecule has 1 aromatic carbocycles. The second-order valence-electron chi connectivity index (χ2n) is 6.86. The molecule has 0 aromatic heterocycles. The van der Waals surface area contributed by atoms with Crippen LogP contribution >= 0.6 is 0 Å². The van der Waals surface area contributed by atoms with Crippen molar-refractivity contribution < 1.29 is 14.6 Å². The number of aliphatic hydroxyl groups is 1. The summed E-state index contributed by atoms with van der Waals surface area (Å²) in [5.74, 6) is 0. The van der Waals surface area contributed by atoms with Crippen LogP contribution in [0.1, 0.15) is 45.6 Å². The fraction of sp³-hybridized carbons (Fsp3) is 0.588. The Hall–Kier alpha value is -1.75.